The van der Waals surface area contributed by atoms with Crippen molar-refractivity contribution in [2.75, 3.05) is 37.4 Å². The Hall–Kier alpha value is -3.43. The van der Waals surface area contributed by atoms with E-state index in [1.807, 2.05) is 32.0 Å². The van der Waals surface area contributed by atoms with Crippen LogP contribution in [-0.2, 0) is 9.53 Å². The van der Waals surface area contributed by atoms with E-state index in [1.165, 1.54) is 18.3 Å². The highest BCUT2D eigenvalue weighted by molar-refractivity contribution is 7.18. The Morgan fingerprint density at radius 2 is 1.85 bits per heavy atom. The largest absolute Gasteiger partial charge is 0.459 e. The average Bonchev–Trinajstić information content (AvgIpc) is 3.44. The van der Waals surface area contributed by atoms with E-state index in [2.05, 4.69) is 10.6 Å². The van der Waals surface area contributed by atoms with Gasteiger partial charge in [-0.25, -0.2) is 0 Å². The molecular weight excluding hydrogens is 442 g/mol. The molecule has 3 aromatic rings. The van der Waals surface area contributed by atoms with Gasteiger partial charge in [0, 0.05) is 19.3 Å². The molecule has 0 aliphatic carbocycles. The Morgan fingerprint density at radius 1 is 1.06 bits per heavy atom. The summed E-state index contributed by atoms with van der Waals surface area (Å²) in [6.45, 7) is 6.11. The van der Waals surface area contributed by atoms with Crippen LogP contribution in [0.15, 0.2) is 47.1 Å². The second-order valence-corrected chi connectivity index (χ2v) is 8.62. The molecule has 8 nitrogen and oxygen atoms in total. The maximum absolute atomic E-state index is 13.3. The summed E-state index contributed by atoms with van der Waals surface area (Å²) in [7, 11) is 1.54. The van der Waals surface area contributed by atoms with E-state index in [4.69, 9.17) is 9.15 Å². The van der Waals surface area contributed by atoms with E-state index in [-0.39, 0.29) is 37.3 Å². The second-order valence-electron chi connectivity index (χ2n) is 7.57. The summed E-state index contributed by atoms with van der Waals surface area (Å²) in [4.78, 5) is 40.2. The van der Waals surface area contributed by atoms with Crippen LogP contribution < -0.4 is 10.6 Å². The molecule has 2 aromatic heterocycles. The number of aryl methyl sites for hydroxylation is 2. The summed E-state index contributed by atoms with van der Waals surface area (Å²) in [5.41, 5.74) is 3.47. The fourth-order valence-corrected chi connectivity index (χ4v) is 4.22. The molecule has 0 bridgehead atoms. The number of carbonyl (C=O) groups is 3. The van der Waals surface area contributed by atoms with Gasteiger partial charge in [0.1, 0.15) is 6.54 Å². The number of rotatable bonds is 9. The predicted octanol–water partition coefficient (Wildman–Crippen LogP) is 4.25. The smallest absolute Gasteiger partial charge is 0.291 e. The number of thiophene rings is 1. The molecule has 0 saturated carbocycles. The van der Waals surface area contributed by atoms with Crippen LogP contribution in [0.25, 0.3) is 0 Å². The first-order chi connectivity index (χ1) is 15.8. The second kappa shape index (κ2) is 10.9. The lowest BCUT2D eigenvalue weighted by molar-refractivity contribution is -0.117. The Bertz CT molecular complexity index is 1140. The molecule has 0 saturated heterocycles. The lowest BCUT2D eigenvalue weighted by atomic mass is 10.1. The normalized spacial score (nSPS) is 10.7. The molecule has 0 fully saturated rings. The molecule has 2 N–H and O–H groups in total. The Kier molecular flexibility index (Phi) is 8.02. The molecule has 2 heterocycles. The quantitative estimate of drug-likeness (QED) is 0.488. The van der Waals surface area contributed by atoms with Crippen molar-refractivity contribution in [3.05, 3.63) is 70.0 Å². The van der Waals surface area contributed by atoms with Crippen molar-refractivity contribution < 1.29 is 23.5 Å². The van der Waals surface area contributed by atoms with Crippen LogP contribution in [0.5, 0.6) is 0 Å². The minimum Gasteiger partial charge on any atom is -0.459 e. The number of carbonyl (C=O) groups excluding carboxylic acids is 3. The number of benzene rings is 1. The fraction of sp³-hybridized carbons (Fsp3) is 0.292. The predicted molar refractivity (Wildman–Crippen MR) is 128 cm³/mol. The minimum absolute atomic E-state index is 0.124. The summed E-state index contributed by atoms with van der Waals surface area (Å²) < 4.78 is 10.2. The van der Waals surface area contributed by atoms with Gasteiger partial charge in [-0.05, 0) is 61.7 Å². The summed E-state index contributed by atoms with van der Waals surface area (Å²) in [6.07, 6.45) is 1.42. The Labute approximate surface area is 196 Å². The topological polar surface area (TPSA) is 101 Å². The SMILES string of the molecule is COCCN(CC(=O)Nc1cccc(C)c1C)C(=O)c1sc(NC(=O)c2ccco2)cc1C. The molecule has 0 atom stereocenters. The van der Waals surface area contributed by atoms with E-state index >= 15 is 0 Å². The average molecular weight is 470 g/mol. The van der Waals surface area contributed by atoms with E-state index < -0.39 is 5.91 Å². The lowest BCUT2D eigenvalue weighted by Gasteiger charge is -2.22. The molecule has 9 heteroatoms. The van der Waals surface area contributed by atoms with Gasteiger partial charge in [-0.3, -0.25) is 14.4 Å². The van der Waals surface area contributed by atoms with Gasteiger partial charge in [0.2, 0.25) is 5.91 Å². The number of methoxy groups -OCH3 is 1. The highest BCUT2D eigenvalue weighted by atomic mass is 32.1. The standard InChI is InChI=1S/C24H27N3O5S/c1-15-7-5-8-18(17(15)3)25-20(28)14-27(10-12-31-4)24(30)22-16(2)13-21(33-22)26-23(29)19-9-6-11-32-19/h5-9,11,13H,10,12,14H2,1-4H3,(H,25,28)(H,26,29). The van der Waals surface area contributed by atoms with E-state index in [9.17, 15) is 14.4 Å². The number of furan rings is 1. The molecule has 0 spiro atoms. The van der Waals surface area contributed by atoms with Gasteiger partial charge in [-0.15, -0.1) is 11.3 Å². The van der Waals surface area contributed by atoms with Crippen molar-refractivity contribution >= 4 is 39.7 Å². The Morgan fingerprint density at radius 3 is 2.55 bits per heavy atom. The molecule has 174 valence electrons. The highest BCUT2D eigenvalue weighted by Gasteiger charge is 2.23. The van der Waals surface area contributed by atoms with Crippen molar-refractivity contribution in [1.82, 2.24) is 4.90 Å². The van der Waals surface area contributed by atoms with Crippen molar-refractivity contribution in [3.63, 3.8) is 0 Å². The van der Waals surface area contributed by atoms with Crippen molar-refractivity contribution in [3.8, 4) is 0 Å². The molecule has 0 aliphatic rings. The summed E-state index contributed by atoms with van der Waals surface area (Å²) in [5, 5.41) is 6.14. The van der Waals surface area contributed by atoms with Crippen LogP contribution in [0.2, 0.25) is 0 Å². The zero-order valence-electron chi connectivity index (χ0n) is 19.1. The monoisotopic (exact) mass is 469 g/mol. The van der Waals surface area contributed by atoms with Crippen molar-refractivity contribution in [1.29, 1.82) is 0 Å². The zero-order valence-corrected chi connectivity index (χ0v) is 19.9. The molecule has 1 aromatic carbocycles. The third-order valence-electron chi connectivity index (χ3n) is 5.16. The number of ether oxygens (including phenoxy) is 1. The van der Waals surface area contributed by atoms with Crippen LogP contribution in [0, 0.1) is 20.8 Å². The zero-order chi connectivity index (χ0) is 24.0. The van der Waals surface area contributed by atoms with Crippen LogP contribution in [-0.4, -0.2) is 49.4 Å². The van der Waals surface area contributed by atoms with Gasteiger partial charge in [-0.2, -0.15) is 0 Å². The van der Waals surface area contributed by atoms with E-state index in [0.717, 1.165) is 28.2 Å². The third-order valence-corrected chi connectivity index (χ3v) is 6.30. The fourth-order valence-electron chi connectivity index (χ4n) is 3.18. The number of nitrogens with one attached hydrogen (secondary N) is 2. The van der Waals surface area contributed by atoms with Crippen LogP contribution in [0.1, 0.15) is 36.9 Å². The summed E-state index contributed by atoms with van der Waals surface area (Å²) in [6, 6.07) is 10.6. The minimum atomic E-state index is -0.399. The molecular formula is C24H27N3O5S. The van der Waals surface area contributed by atoms with Gasteiger partial charge < -0.3 is 24.7 Å². The lowest BCUT2D eigenvalue weighted by Crippen LogP contribution is -2.40. The number of anilines is 2. The van der Waals surface area contributed by atoms with Crippen molar-refractivity contribution in [2.24, 2.45) is 0 Å². The van der Waals surface area contributed by atoms with Crippen molar-refractivity contribution in [2.45, 2.75) is 20.8 Å². The first-order valence-electron chi connectivity index (χ1n) is 10.4. The molecule has 0 radical (unpaired) electrons. The summed E-state index contributed by atoms with van der Waals surface area (Å²) in [5.74, 6) is -0.818. The van der Waals surface area contributed by atoms with Crippen LogP contribution in [0.4, 0.5) is 10.7 Å². The molecule has 0 unspecified atom stereocenters. The first-order valence-corrected chi connectivity index (χ1v) is 11.2. The third kappa shape index (κ3) is 6.09. The first kappa shape index (κ1) is 24.2. The van der Waals surface area contributed by atoms with Gasteiger partial charge in [0.25, 0.3) is 11.8 Å². The molecule has 33 heavy (non-hydrogen) atoms. The molecule has 3 rings (SSSR count). The Balaban J connectivity index is 1.73. The molecule has 3 amide bonds. The van der Waals surface area contributed by atoms with Gasteiger partial charge in [-0.1, -0.05) is 12.1 Å². The maximum atomic E-state index is 13.3. The number of hydrogen-bond donors (Lipinski definition) is 2. The van der Waals surface area contributed by atoms with Gasteiger partial charge in [0.15, 0.2) is 5.76 Å². The van der Waals surface area contributed by atoms with Gasteiger partial charge >= 0.3 is 0 Å². The number of nitrogens with zero attached hydrogens (tertiary/aromatic N) is 1. The summed E-state index contributed by atoms with van der Waals surface area (Å²) >= 11 is 1.15. The molecule has 0 aliphatic heterocycles. The van der Waals surface area contributed by atoms with E-state index in [0.29, 0.717) is 15.4 Å². The van der Waals surface area contributed by atoms with Gasteiger partial charge in [0.05, 0.1) is 22.7 Å². The van der Waals surface area contributed by atoms with Crippen LogP contribution in [0.3, 0.4) is 0 Å². The van der Waals surface area contributed by atoms with E-state index in [1.54, 1.807) is 25.1 Å². The highest BCUT2D eigenvalue weighted by Crippen LogP contribution is 2.28. The number of amides is 3. The van der Waals surface area contributed by atoms with Crippen LogP contribution >= 0.6 is 11.3 Å². The maximum Gasteiger partial charge on any atom is 0.291 e. The number of hydrogen-bond acceptors (Lipinski definition) is 6.